The van der Waals surface area contributed by atoms with Crippen molar-refractivity contribution in [2.45, 2.75) is 19.0 Å². The smallest absolute Gasteiger partial charge is 0.240 e. The number of primary amides is 1. The van der Waals surface area contributed by atoms with Gasteiger partial charge >= 0.3 is 0 Å². The Hall–Kier alpha value is -1.95. The standard InChI is InChI=1S/C11H16N4O2/c1-15(7-8-2-4-14-5-3-8)11(17)9(12)6-10(13)16/h2-5,9H,6-7,12H2,1H3,(H2,13,16). The van der Waals surface area contributed by atoms with Crippen LogP contribution in [0.5, 0.6) is 0 Å². The molecule has 0 fully saturated rings. The molecule has 0 saturated heterocycles. The Balaban J connectivity index is 2.55. The summed E-state index contributed by atoms with van der Waals surface area (Å²) in [5.41, 5.74) is 11.5. The second kappa shape index (κ2) is 5.95. The number of carbonyl (C=O) groups excluding carboxylic acids is 2. The molecular formula is C11H16N4O2. The van der Waals surface area contributed by atoms with E-state index in [0.29, 0.717) is 6.54 Å². The molecule has 92 valence electrons. The molecule has 1 rings (SSSR count). The minimum Gasteiger partial charge on any atom is -0.370 e. The zero-order valence-electron chi connectivity index (χ0n) is 9.67. The molecule has 1 aromatic rings. The molecule has 0 saturated carbocycles. The number of amides is 2. The lowest BCUT2D eigenvalue weighted by Crippen LogP contribution is -2.43. The largest absolute Gasteiger partial charge is 0.370 e. The van der Waals surface area contributed by atoms with Crippen LogP contribution in [0.25, 0.3) is 0 Å². The molecular weight excluding hydrogens is 220 g/mol. The molecule has 1 atom stereocenters. The molecule has 0 aliphatic carbocycles. The van der Waals surface area contributed by atoms with Crippen LogP contribution in [0.1, 0.15) is 12.0 Å². The Labute approximate surface area is 99.6 Å². The summed E-state index contributed by atoms with van der Waals surface area (Å²) in [6.45, 7) is 0.424. The predicted octanol–water partition coefficient (Wildman–Crippen LogP) is -0.757. The van der Waals surface area contributed by atoms with Crippen LogP contribution in [0, 0.1) is 0 Å². The Kier molecular flexibility index (Phi) is 4.59. The molecule has 0 aromatic carbocycles. The summed E-state index contributed by atoms with van der Waals surface area (Å²) in [6, 6.07) is 2.74. The van der Waals surface area contributed by atoms with Gasteiger partial charge in [0.05, 0.1) is 12.5 Å². The van der Waals surface area contributed by atoms with Crippen LogP contribution in [0.15, 0.2) is 24.5 Å². The van der Waals surface area contributed by atoms with Gasteiger partial charge in [-0.05, 0) is 17.7 Å². The van der Waals surface area contributed by atoms with E-state index in [1.165, 1.54) is 4.90 Å². The first kappa shape index (κ1) is 13.1. The Morgan fingerprint density at radius 2 is 2.00 bits per heavy atom. The van der Waals surface area contributed by atoms with Crippen LogP contribution < -0.4 is 11.5 Å². The van der Waals surface area contributed by atoms with Crippen molar-refractivity contribution in [1.29, 1.82) is 0 Å². The summed E-state index contributed by atoms with van der Waals surface area (Å²) < 4.78 is 0. The van der Waals surface area contributed by atoms with Crippen molar-refractivity contribution in [1.82, 2.24) is 9.88 Å². The van der Waals surface area contributed by atoms with E-state index in [2.05, 4.69) is 4.98 Å². The second-order valence-electron chi connectivity index (χ2n) is 3.83. The van der Waals surface area contributed by atoms with Gasteiger partial charge in [-0.3, -0.25) is 14.6 Å². The van der Waals surface area contributed by atoms with E-state index in [9.17, 15) is 9.59 Å². The highest BCUT2D eigenvalue weighted by Gasteiger charge is 2.19. The summed E-state index contributed by atoms with van der Waals surface area (Å²) in [6.07, 6.45) is 3.16. The van der Waals surface area contributed by atoms with Crippen molar-refractivity contribution < 1.29 is 9.59 Å². The number of pyridine rings is 1. The molecule has 0 bridgehead atoms. The Morgan fingerprint density at radius 3 is 2.53 bits per heavy atom. The third-order valence-electron chi connectivity index (χ3n) is 2.28. The number of nitrogens with two attached hydrogens (primary N) is 2. The zero-order chi connectivity index (χ0) is 12.8. The average molecular weight is 236 g/mol. The lowest BCUT2D eigenvalue weighted by atomic mass is 10.1. The van der Waals surface area contributed by atoms with Crippen LogP contribution >= 0.6 is 0 Å². The third-order valence-corrected chi connectivity index (χ3v) is 2.28. The van der Waals surface area contributed by atoms with Gasteiger partial charge in [-0.25, -0.2) is 0 Å². The fourth-order valence-electron chi connectivity index (χ4n) is 1.43. The fraction of sp³-hybridized carbons (Fsp3) is 0.364. The van der Waals surface area contributed by atoms with Gasteiger partial charge in [0, 0.05) is 26.0 Å². The van der Waals surface area contributed by atoms with E-state index in [4.69, 9.17) is 11.5 Å². The van der Waals surface area contributed by atoms with Crippen molar-refractivity contribution in [3.8, 4) is 0 Å². The Morgan fingerprint density at radius 1 is 1.41 bits per heavy atom. The van der Waals surface area contributed by atoms with Crippen molar-refractivity contribution >= 4 is 11.8 Å². The summed E-state index contributed by atoms with van der Waals surface area (Å²) >= 11 is 0. The predicted molar refractivity (Wildman–Crippen MR) is 62.5 cm³/mol. The molecule has 1 aromatic heterocycles. The SMILES string of the molecule is CN(Cc1ccncc1)C(=O)C(N)CC(N)=O. The van der Waals surface area contributed by atoms with E-state index in [1.807, 2.05) is 12.1 Å². The molecule has 0 aliphatic rings. The molecule has 2 amide bonds. The molecule has 0 radical (unpaired) electrons. The first-order valence-electron chi connectivity index (χ1n) is 5.18. The highest BCUT2D eigenvalue weighted by atomic mass is 16.2. The minimum absolute atomic E-state index is 0.139. The maximum absolute atomic E-state index is 11.8. The maximum Gasteiger partial charge on any atom is 0.240 e. The number of aromatic nitrogens is 1. The molecule has 6 heteroatoms. The number of carbonyl (C=O) groups is 2. The molecule has 4 N–H and O–H groups in total. The first-order chi connectivity index (χ1) is 8.00. The summed E-state index contributed by atoms with van der Waals surface area (Å²) in [7, 11) is 1.63. The minimum atomic E-state index is -0.876. The maximum atomic E-state index is 11.8. The topological polar surface area (TPSA) is 102 Å². The van der Waals surface area contributed by atoms with Crippen molar-refractivity contribution in [2.75, 3.05) is 7.05 Å². The normalized spacial score (nSPS) is 11.9. The van der Waals surface area contributed by atoms with Crippen LogP contribution in [0.3, 0.4) is 0 Å². The van der Waals surface area contributed by atoms with Gasteiger partial charge in [-0.2, -0.15) is 0 Å². The van der Waals surface area contributed by atoms with Crippen molar-refractivity contribution in [3.63, 3.8) is 0 Å². The van der Waals surface area contributed by atoms with Crippen LogP contribution in [0.4, 0.5) is 0 Å². The van der Waals surface area contributed by atoms with Gasteiger partial charge in [-0.1, -0.05) is 0 Å². The Bertz CT molecular complexity index is 394. The highest BCUT2D eigenvalue weighted by molar-refractivity contribution is 5.87. The monoisotopic (exact) mass is 236 g/mol. The van der Waals surface area contributed by atoms with Gasteiger partial charge in [0.2, 0.25) is 11.8 Å². The number of hydrogen-bond donors (Lipinski definition) is 2. The lowest BCUT2D eigenvalue weighted by Gasteiger charge is -2.20. The number of nitrogens with zero attached hydrogens (tertiary/aromatic N) is 2. The molecule has 0 aliphatic heterocycles. The fourth-order valence-corrected chi connectivity index (χ4v) is 1.43. The van der Waals surface area contributed by atoms with Gasteiger partial charge in [0.25, 0.3) is 0 Å². The first-order valence-corrected chi connectivity index (χ1v) is 5.18. The van der Waals surface area contributed by atoms with Crippen LogP contribution in [-0.4, -0.2) is 34.8 Å². The molecule has 1 heterocycles. The highest BCUT2D eigenvalue weighted by Crippen LogP contribution is 2.03. The average Bonchev–Trinajstić information content (AvgIpc) is 2.28. The second-order valence-corrected chi connectivity index (χ2v) is 3.83. The van der Waals surface area contributed by atoms with Gasteiger partial charge in [0.15, 0.2) is 0 Å². The lowest BCUT2D eigenvalue weighted by molar-refractivity contribution is -0.133. The quantitative estimate of drug-likeness (QED) is 0.701. The molecule has 6 nitrogen and oxygen atoms in total. The number of hydrogen-bond acceptors (Lipinski definition) is 4. The molecule has 17 heavy (non-hydrogen) atoms. The summed E-state index contributed by atoms with van der Waals surface area (Å²) in [5, 5.41) is 0. The van der Waals surface area contributed by atoms with Crippen molar-refractivity contribution in [2.24, 2.45) is 11.5 Å². The third kappa shape index (κ3) is 4.20. The van der Waals surface area contributed by atoms with Crippen LogP contribution in [-0.2, 0) is 16.1 Å². The van der Waals surface area contributed by atoms with Gasteiger partial charge in [-0.15, -0.1) is 0 Å². The number of rotatable bonds is 5. The van der Waals surface area contributed by atoms with Gasteiger partial charge in [0.1, 0.15) is 0 Å². The van der Waals surface area contributed by atoms with E-state index < -0.39 is 11.9 Å². The molecule has 1 unspecified atom stereocenters. The van der Waals surface area contributed by atoms with Gasteiger partial charge < -0.3 is 16.4 Å². The van der Waals surface area contributed by atoms with E-state index in [-0.39, 0.29) is 12.3 Å². The number of likely N-dealkylation sites (N-methyl/N-ethyl adjacent to an activating group) is 1. The summed E-state index contributed by atoms with van der Waals surface area (Å²) in [5.74, 6) is -0.885. The molecule has 0 spiro atoms. The zero-order valence-corrected chi connectivity index (χ0v) is 9.67. The van der Waals surface area contributed by atoms with E-state index in [0.717, 1.165) is 5.56 Å². The summed E-state index contributed by atoms with van der Waals surface area (Å²) in [4.78, 5) is 27.8. The van der Waals surface area contributed by atoms with E-state index >= 15 is 0 Å². The van der Waals surface area contributed by atoms with Crippen molar-refractivity contribution in [3.05, 3.63) is 30.1 Å². The van der Waals surface area contributed by atoms with E-state index in [1.54, 1.807) is 19.4 Å². The van der Waals surface area contributed by atoms with Crippen LogP contribution in [0.2, 0.25) is 0 Å².